The normalized spacial score (nSPS) is 17.0. The van der Waals surface area contributed by atoms with Crippen LogP contribution in [0.5, 0.6) is 0 Å². The van der Waals surface area contributed by atoms with Crippen molar-refractivity contribution in [2.24, 2.45) is 0 Å². The third kappa shape index (κ3) is 15.0. The monoisotopic (exact) mass is 450 g/mol. The van der Waals surface area contributed by atoms with E-state index >= 15 is 0 Å². The van der Waals surface area contributed by atoms with E-state index in [1.807, 2.05) is 0 Å². The van der Waals surface area contributed by atoms with Gasteiger partial charge in [0, 0.05) is 5.25 Å². The van der Waals surface area contributed by atoms with Gasteiger partial charge in [-0.3, -0.25) is 9.05 Å². The molecule has 0 saturated carbocycles. The molecule has 0 fully saturated rings. The molecule has 29 heavy (non-hydrogen) atoms. The summed E-state index contributed by atoms with van der Waals surface area (Å²) in [6.07, 6.45) is 16.7. The summed E-state index contributed by atoms with van der Waals surface area (Å²) in [7, 11) is 0. The zero-order chi connectivity index (χ0) is 22.0. The Kier molecular flexibility index (Phi) is 19.5. The van der Waals surface area contributed by atoms with Gasteiger partial charge in [-0.15, -0.1) is 0 Å². The van der Waals surface area contributed by atoms with Gasteiger partial charge in [0.05, 0.1) is 12.2 Å². The fraction of sp³-hybridized carbons (Fsp3) is 1.00. The summed E-state index contributed by atoms with van der Waals surface area (Å²) >= 11 is 1.52. The molecule has 5 heteroatoms. The molecular weight excluding hydrogens is 399 g/mol. The fourth-order valence-electron chi connectivity index (χ4n) is 3.48. The molecule has 0 aromatic carbocycles. The molecule has 3 atom stereocenters. The Morgan fingerprint density at radius 3 is 1.38 bits per heavy atom. The summed E-state index contributed by atoms with van der Waals surface area (Å²) < 4.78 is 26.6. The van der Waals surface area contributed by atoms with Gasteiger partial charge in [0.15, 0.2) is 0 Å². The minimum Gasteiger partial charge on any atom is -0.297 e. The van der Waals surface area contributed by atoms with Gasteiger partial charge in [-0.1, -0.05) is 99.3 Å². The van der Waals surface area contributed by atoms with E-state index in [-0.39, 0.29) is 12.2 Å². The molecule has 0 aromatic heterocycles. The van der Waals surface area contributed by atoms with E-state index < -0.39 is 6.80 Å². The molecular formula is C24H51O3PS. The van der Waals surface area contributed by atoms with Crippen LogP contribution in [-0.2, 0) is 13.6 Å². The lowest BCUT2D eigenvalue weighted by Gasteiger charge is -2.29. The van der Waals surface area contributed by atoms with Crippen molar-refractivity contribution in [3.8, 4) is 0 Å². The van der Waals surface area contributed by atoms with Gasteiger partial charge in [0.25, 0.3) is 0 Å². The van der Waals surface area contributed by atoms with Crippen LogP contribution in [0.25, 0.3) is 0 Å². The molecule has 0 aliphatic heterocycles. The van der Waals surface area contributed by atoms with Crippen LogP contribution in [0.1, 0.15) is 138 Å². The lowest BCUT2D eigenvalue weighted by atomic mass is 10.1. The van der Waals surface area contributed by atoms with E-state index in [1.165, 1.54) is 56.3 Å². The lowest BCUT2D eigenvalue weighted by Crippen LogP contribution is -2.16. The first kappa shape index (κ1) is 29.5. The Hall–Kier alpha value is 0.500. The molecule has 0 saturated heterocycles. The van der Waals surface area contributed by atoms with E-state index in [0.29, 0.717) is 5.25 Å². The van der Waals surface area contributed by atoms with Gasteiger partial charge in [-0.2, -0.15) is 0 Å². The highest BCUT2D eigenvalue weighted by atomic mass is 32.7. The van der Waals surface area contributed by atoms with Gasteiger partial charge < -0.3 is 0 Å². The summed E-state index contributed by atoms with van der Waals surface area (Å²) in [4.78, 5) is 0. The zero-order valence-corrected chi connectivity index (χ0v) is 22.1. The van der Waals surface area contributed by atoms with Crippen LogP contribution in [-0.4, -0.2) is 17.5 Å². The van der Waals surface area contributed by atoms with Gasteiger partial charge in [-0.25, -0.2) is 4.57 Å². The van der Waals surface area contributed by atoms with Crippen molar-refractivity contribution in [3.63, 3.8) is 0 Å². The van der Waals surface area contributed by atoms with E-state index in [9.17, 15) is 4.57 Å². The first-order chi connectivity index (χ1) is 14.0. The summed E-state index contributed by atoms with van der Waals surface area (Å²) in [5.74, 6) is 0. The van der Waals surface area contributed by atoms with E-state index in [4.69, 9.17) is 9.05 Å². The quantitative estimate of drug-likeness (QED) is 0.129. The Balaban J connectivity index is 5.16. The largest absolute Gasteiger partial charge is 0.389 e. The second-order valence-electron chi connectivity index (χ2n) is 8.34. The first-order valence-electron chi connectivity index (χ1n) is 12.6. The molecule has 3 unspecified atom stereocenters. The molecule has 0 heterocycles. The van der Waals surface area contributed by atoms with E-state index in [1.54, 1.807) is 0 Å². The van der Waals surface area contributed by atoms with Crippen molar-refractivity contribution in [1.82, 2.24) is 0 Å². The summed E-state index contributed by atoms with van der Waals surface area (Å²) in [5, 5.41) is 0.355. The van der Waals surface area contributed by atoms with Crippen LogP contribution in [0, 0.1) is 0 Å². The number of rotatable bonds is 21. The Labute approximate surface area is 187 Å². The third-order valence-corrected chi connectivity index (χ3v) is 10.0. The molecule has 0 spiro atoms. The Bertz CT molecular complexity index is 349. The van der Waals surface area contributed by atoms with Crippen molar-refractivity contribution in [3.05, 3.63) is 0 Å². The number of hydrogen-bond donors (Lipinski definition) is 0. The topological polar surface area (TPSA) is 35.5 Å². The molecule has 0 bridgehead atoms. The van der Waals surface area contributed by atoms with Gasteiger partial charge in [0.1, 0.15) is 0 Å². The average Bonchev–Trinajstić information content (AvgIpc) is 2.72. The third-order valence-electron chi connectivity index (χ3n) is 5.59. The Morgan fingerprint density at radius 1 is 0.621 bits per heavy atom. The SMILES string of the molecule is CCCCCC(CC)OP(=O)(OC(CC)CCCCC)SC(CC)CCCCC. The van der Waals surface area contributed by atoms with Gasteiger partial charge >= 0.3 is 6.80 Å². The highest BCUT2D eigenvalue weighted by molar-refractivity contribution is 8.55. The predicted octanol–water partition coefficient (Wildman–Crippen LogP) is 9.94. The summed E-state index contributed by atoms with van der Waals surface area (Å²) in [5.41, 5.74) is 0. The molecule has 0 aliphatic carbocycles. The Morgan fingerprint density at radius 2 is 1.03 bits per heavy atom. The maximum atomic E-state index is 13.9. The smallest absolute Gasteiger partial charge is 0.297 e. The van der Waals surface area contributed by atoms with Crippen LogP contribution < -0.4 is 0 Å². The van der Waals surface area contributed by atoms with Crippen LogP contribution in [0.4, 0.5) is 0 Å². The molecule has 0 amide bonds. The molecule has 0 aliphatic rings. The van der Waals surface area contributed by atoms with Crippen molar-refractivity contribution in [1.29, 1.82) is 0 Å². The second-order valence-corrected chi connectivity index (χ2v) is 12.5. The standard InChI is InChI=1S/C24H51O3PS/c1-7-13-16-19-22(10-4)26-28(25,27-23(11-5)20-17-14-8-2)29-24(12-6)21-18-15-9-3/h22-24H,7-21H2,1-6H3. The number of unbranched alkanes of at least 4 members (excludes halogenated alkanes) is 6. The highest BCUT2D eigenvalue weighted by Gasteiger charge is 2.34. The minimum atomic E-state index is -3.17. The lowest BCUT2D eigenvalue weighted by molar-refractivity contribution is 0.109. The molecule has 0 aromatic rings. The van der Waals surface area contributed by atoms with Crippen molar-refractivity contribution in [2.45, 2.75) is 155 Å². The fourth-order valence-corrected chi connectivity index (χ4v) is 8.54. The molecule has 0 N–H and O–H groups in total. The molecule has 0 radical (unpaired) electrons. The van der Waals surface area contributed by atoms with Crippen LogP contribution in [0.15, 0.2) is 0 Å². The van der Waals surface area contributed by atoms with Gasteiger partial charge in [0.2, 0.25) is 0 Å². The predicted molar refractivity (Wildman–Crippen MR) is 132 cm³/mol. The maximum Gasteiger partial charge on any atom is 0.389 e. The van der Waals surface area contributed by atoms with Crippen molar-refractivity contribution in [2.75, 3.05) is 0 Å². The van der Waals surface area contributed by atoms with Crippen LogP contribution in [0.3, 0.4) is 0 Å². The zero-order valence-electron chi connectivity index (χ0n) is 20.4. The molecule has 3 nitrogen and oxygen atoms in total. The van der Waals surface area contributed by atoms with E-state index in [0.717, 1.165) is 51.4 Å². The molecule has 0 rings (SSSR count). The number of hydrogen-bond acceptors (Lipinski definition) is 4. The van der Waals surface area contributed by atoms with Crippen LogP contribution in [0.2, 0.25) is 0 Å². The maximum absolute atomic E-state index is 13.9. The summed E-state index contributed by atoms with van der Waals surface area (Å²) in [6, 6.07) is 0. The van der Waals surface area contributed by atoms with E-state index in [2.05, 4.69) is 41.5 Å². The highest BCUT2D eigenvalue weighted by Crippen LogP contribution is 2.65. The average molecular weight is 451 g/mol. The van der Waals surface area contributed by atoms with Crippen molar-refractivity contribution < 1.29 is 13.6 Å². The summed E-state index contributed by atoms with van der Waals surface area (Å²) in [6.45, 7) is 9.98. The van der Waals surface area contributed by atoms with Gasteiger partial charge in [-0.05, 0) is 49.9 Å². The molecule has 176 valence electrons. The second kappa shape index (κ2) is 19.2. The minimum absolute atomic E-state index is 0.0428. The van der Waals surface area contributed by atoms with Crippen LogP contribution >= 0.6 is 18.2 Å². The van der Waals surface area contributed by atoms with Crippen molar-refractivity contribution >= 4 is 18.2 Å². The first-order valence-corrected chi connectivity index (χ1v) is 15.7.